The quantitative estimate of drug-likeness (QED) is 0.234. The van der Waals surface area contributed by atoms with Crippen molar-refractivity contribution in [3.8, 4) is 0 Å². The van der Waals surface area contributed by atoms with Gasteiger partial charge in [-0.1, -0.05) is 23.7 Å². The van der Waals surface area contributed by atoms with Gasteiger partial charge in [-0.25, -0.2) is 21.6 Å². The highest BCUT2D eigenvalue weighted by Gasteiger charge is 2.33. The number of sulfonamides is 1. The molecule has 1 heterocycles. The molecule has 4 aromatic rings. The number of aromatic nitrogens is 1. The molecule has 0 spiro atoms. The van der Waals surface area contributed by atoms with E-state index in [-0.39, 0.29) is 35.2 Å². The number of hydrogen-bond acceptors (Lipinski definition) is 4. The molecule has 11 heteroatoms. The number of halogens is 4. The predicted octanol–water partition coefficient (Wildman–Crippen LogP) is 6.36. The fourth-order valence-electron chi connectivity index (χ4n) is 4.27. The molecule has 1 N–H and O–H groups in total. The summed E-state index contributed by atoms with van der Waals surface area (Å²) in [5.74, 6) is -2.73. The molecule has 4 rings (SSSR count). The highest BCUT2D eigenvalue weighted by Crippen LogP contribution is 2.37. The second-order valence-electron chi connectivity index (χ2n) is 8.97. The van der Waals surface area contributed by atoms with Crippen molar-refractivity contribution in [2.45, 2.75) is 37.2 Å². The minimum atomic E-state index is -4.47. The summed E-state index contributed by atoms with van der Waals surface area (Å²) in [5, 5.41) is 3.03. The Labute approximate surface area is 235 Å². The molecule has 0 bridgehead atoms. The molecule has 6 nitrogen and oxygen atoms in total. The fraction of sp³-hybridized carbons (Fsp3) is 0.172. The first kappa shape index (κ1) is 29.1. The van der Waals surface area contributed by atoms with Gasteiger partial charge in [0.05, 0.1) is 28.9 Å². The number of rotatable bonds is 10. The second kappa shape index (κ2) is 12.5. The average Bonchev–Trinajstić information content (AvgIpc) is 2.93. The number of pyridine rings is 1. The zero-order valence-electron chi connectivity index (χ0n) is 21.3. The van der Waals surface area contributed by atoms with Crippen molar-refractivity contribution in [1.82, 2.24) is 10.3 Å². The van der Waals surface area contributed by atoms with Gasteiger partial charge in [-0.3, -0.25) is 14.1 Å². The summed E-state index contributed by atoms with van der Waals surface area (Å²) < 4.78 is 72.0. The summed E-state index contributed by atoms with van der Waals surface area (Å²) in [7, 11) is -4.47. The molecule has 0 unspecified atom stereocenters. The Bertz CT molecular complexity index is 1600. The summed E-state index contributed by atoms with van der Waals surface area (Å²) in [6, 6.07) is 15.6. The van der Waals surface area contributed by atoms with Crippen LogP contribution in [0.3, 0.4) is 0 Å². The van der Waals surface area contributed by atoms with E-state index < -0.39 is 39.2 Å². The van der Waals surface area contributed by atoms with Crippen LogP contribution in [-0.2, 0) is 27.8 Å². The lowest BCUT2D eigenvalue weighted by Gasteiger charge is -2.32. The highest BCUT2D eigenvalue weighted by atomic mass is 35.5. The average molecular weight is 588 g/mol. The van der Waals surface area contributed by atoms with Crippen molar-refractivity contribution in [2.24, 2.45) is 0 Å². The summed E-state index contributed by atoms with van der Waals surface area (Å²) in [6.45, 7) is 1.69. The van der Waals surface area contributed by atoms with Crippen LogP contribution in [0.4, 0.5) is 18.9 Å². The molecule has 0 fully saturated rings. The van der Waals surface area contributed by atoms with Crippen LogP contribution in [0, 0.1) is 17.5 Å². The Kier molecular flexibility index (Phi) is 9.11. The maximum Gasteiger partial charge on any atom is 0.264 e. The molecule has 0 aliphatic carbocycles. The van der Waals surface area contributed by atoms with Gasteiger partial charge in [0, 0.05) is 23.7 Å². The van der Waals surface area contributed by atoms with Gasteiger partial charge >= 0.3 is 0 Å². The predicted molar refractivity (Wildman–Crippen MR) is 147 cm³/mol. The second-order valence-corrected chi connectivity index (χ2v) is 11.2. The van der Waals surface area contributed by atoms with E-state index in [4.69, 9.17) is 11.6 Å². The van der Waals surface area contributed by atoms with Gasteiger partial charge < -0.3 is 5.32 Å². The van der Waals surface area contributed by atoms with E-state index in [9.17, 15) is 22.0 Å². The molecule has 0 saturated heterocycles. The molecule has 208 valence electrons. The van der Waals surface area contributed by atoms with Crippen LogP contribution in [0.25, 0.3) is 0 Å². The van der Waals surface area contributed by atoms with Crippen molar-refractivity contribution in [1.29, 1.82) is 0 Å². The lowest BCUT2D eigenvalue weighted by Crippen LogP contribution is -2.35. The van der Waals surface area contributed by atoms with Crippen LogP contribution in [0.15, 0.2) is 90.0 Å². The standard InChI is InChI=1S/C29H25ClF3N3O3S/c1-19(26-12-8-22(31)16-20(26)5-14-29(37)35-18-24-4-2-3-15-34-24)36(28-17-23(32)9-13-27(28)33)40(38,39)25-10-6-21(30)7-11-25/h2-4,6-13,15-17,19H,5,14,18H2,1H3,(H,35,37)/t19-/m1/s1. The third kappa shape index (κ3) is 6.81. The molecule has 0 radical (unpaired) electrons. The van der Waals surface area contributed by atoms with Gasteiger partial charge in [0.2, 0.25) is 5.91 Å². The number of amides is 1. The maximum atomic E-state index is 15.0. The Hall–Kier alpha value is -3.89. The van der Waals surface area contributed by atoms with E-state index in [0.29, 0.717) is 16.8 Å². The van der Waals surface area contributed by atoms with E-state index in [1.54, 1.807) is 24.4 Å². The zero-order chi connectivity index (χ0) is 28.9. The molecule has 40 heavy (non-hydrogen) atoms. The van der Waals surface area contributed by atoms with Gasteiger partial charge in [-0.15, -0.1) is 0 Å². The van der Waals surface area contributed by atoms with Crippen molar-refractivity contribution in [3.63, 3.8) is 0 Å². The van der Waals surface area contributed by atoms with Gasteiger partial charge in [0.1, 0.15) is 17.5 Å². The van der Waals surface area contributed by atoms with Crippen molar-refractivity contribution in [2.75, 3.05) is 4.31 Å². The number of benzene rings is 3. The summed E-state index contributed by atoms with van der Waals surface area (Å²) in [5.41, 5.74) is 0.802. The van der Waals surface area contributed by atoms with Gasteiger partial charge in [-0.05, 0) is 85.1 Å². The van der Waals surface area contributed by atoms with E-state index in [1.165, 1.54) is 43.3 Å². The molecular weight excluding hydrogens is 563 g/mol. The molecule has 1 atom stereocenters. The van der Waals surface area contributed by atoms with E-state index in [0.717, 1.165) is 28.6 Å². The maximum absolute atomic E-state index is 15.0. The third-order valence-electron chi connectivity index (χ3n) is 6.24. The minimum absolute atomic E-state index is 0.0335. The molecule has 0 saturated carbocycles. The number of carbonyl (C=O) groups excluding carboxylic acids is 1. The molecule has 1 aromatic heterocycles. The highest BCUT2D eigenvalue weighted by molar-refractivity contribution is 7.92. The van der Waals surface area contributed by atoms with Gasteiger partial charge in [-0.2, -0.15) is 0 Å². The Morgan fingerprint density at radius 1 is 0.975 bits per heavy atom. The molecular formula is C29H25ClF3N3O3S. The van der Waals surface area contributed by atoms with E-state index in [2.05, 4.69) is 10.3 Å². The van der Waals surface area contributed by atoms with Gasteiger partial charge in [0.25, 0.3) is 10.0 Å². The minimum Gasteiger partial charge on any atom is -0.350 e. The largest absolute Gasteiger partial charge is 0.350 e. The van der Waals surface area contributed by atoms with Crippen LogP contribution in [-0.4, -0.2) is 19.3 Å². The molecule has 1 amide bonds. The Morgan fingerprint density at radius 3 is 2.38 bits per heavy atom. The SMILES string of the molecule is C[C@H](c1ccc(F)cc1CCC(=O)NCc1ccccn1)N(c1cc(F)ccc1F)S(=O)(=O)c1ccc(Cl)cc1. The number of anilines is 1. The summed E-state index contributed by atoms with van der Waals surface area (Å²) in [6.07, 6.45) is 1.63. The number of aryl methyl sites for hydroxylation is 1. The number of nitrogens with zero attached hydrogens (tertiary/aromatic N) is 2. The third-order valence-corrected chi connectivity index (χ3v) is 8.39. The first-order valence-corrected chi connectivity index (χ1v) is 14.1. The molecule has 3 aromatic carbocycles. The topological polar surface area (TPSA) is 79.4 Å². The first-order valence-electron chi connectivity index (χ1n) is 12.3. The van der Waals surface area contributed by atoms with Crippen molar-refractivity contribution < 1.29 is 26.4 Å². The Morgan fingerprint density at radius 2 is 1.68 bits per heavy atom. The number of carbonyl (C=O) groups is 1. The van der Waals surface area contributed by atoms with Crippen molar-refractivity contribution in [3.05, 3.63) is 124 Å². The van der Waals surface area contributed by atoms with Crippen LogP contribution in [0.1, 0.15) is 36.2 Å². The van der Waals surface area contributed by atoms with Crippen LogP contribution < -0.4 is 9.62 Å². The lowest BCUT2D eigenvalue weighted by atomic mass is 9.97. The number of hydrogen-bond donors (Lipinski definition) is 1. The monoisotopic (exact) mass is 587 g/mol. The van der Waals surface area contributed by atoms with Gasteiger partial charge in [0.15, 0.2) is 0 Å². The van der Waals surface area contributed by atoms with Crippen LogP contribution in [0.5, 0.6) is 0 Å². The summed E-state index contributed by atoms with van der Waals surface area (Å²) >= 11 is 5.93. The van der Waals surface area contributed by atoms with E-state index >= 15 is 4.39 Å². The zero-order valence-corrected chi connectivity index (χ0v) is 22.9. The normalized spacial score (nSPS) is 12.1. The van der Waals surface area contributed by atoms with Crippen LogP contribution >= 0.6 is 11.6 Å². The van der Waals surface area contributed by atoms with E-state index in [1.807, 2.05) is 0 Å². The molecule has 0 aliphatic rings. The Balaban J connectivity index is 1.68. The number of nitrogens with one attached hydrogen (secondary N) is 1. The molecule has 0 aliphatic heterocycles. The van der Waals surface area contributed by atoms with Crippen LogP contribution in [0.2, 0.25) is 5.02 Å². The van der Waals surface area contributed by atoms with Crippen molar-refractivity contribution >= 4 is 33.2 Å². The summed E-state index contributed by atoms with van der Waals surface area (Å²) in [4.78, 5) is 16.5. The first-order chi connectivity index (χ1) is 19.1. The lowest BCUT2D eigenvalue weighted by molar-refractivity contribution is -0.121. The fourth-order valence-corrected chi connectivity index (χ4v) is 6.04. The smallest absolute Gasteiger partial charge is 0.264 e.